The quantitative estimate of drug-likeness (QED) is 0.881. The summed E-state index contributed by atoms with van der Waals surface area (Å²) in [6.07, 6.45) is -0.616. The van der Waals surface area contributed by atoms with Crippen LogP contribution in [0.25, 0.3) is 0 Å². The number of hydrogen-bond acceptors (Lipinski definition) is 1. The van der Waals surface area contributed by atoms with Crippen LogP contribution in [0.4, 0.5) is 0 Å². The number of aliphatic hydroxyl groups excluding tert-OH is 1. The first kappa shape index (κ1) is 11.6. The molecule has 2 aromatic carbocycles. The Morgan fingerprint density at radius 2 is 1.69 bits per heavy atom. The molecule has 1 N–H and O–H groups in total. The fourth-order valence-electron chi connectivity index (χ4n) is 1.51. The number of aliphatic hydroxyl groups is 1. The third kappa shape index (κ3) is 2.64. The summed E-state index contributed by atoms with van der Waals surface area (Å²) in [5.74, 6) is 0. The van der Waals surface area contributed by atoms with Gasteiger partial charge in [-0.1, -0.05) is 51.8 Å². The molecule has 0 aliphatic heterocycles. The molecule has 1 nitrogen and oxygen atoms in total. The Kier molecular flexibility index (Phi) is 3.64. The van der Waals surface area contributed by atoms with E-state index in [1.54, 1.807) is 12.1 Å². The Balaban J connectivity index is 2.31. The molecule has 16 heavy (non-hydrogen) atoms. The highest BCUT2D eigenvalue weighted by Gasteiger charge is 2.09. The highest BCUT2D eigenvalue weighted by atomic mass is 79.9. The van der Waals surface area contributed by atoms with Crippen molar-refractivity contribution in [1.29, 1.82) is 0 Å². The topological polar surface area (TPSA) is 20.2 Å². The van der Waals surface area contributed by atoms with Crippen LogP contribution in [-0.4, -0.2) is 5.11 Å². The Bertz CT molecular complexity index is 482. The summed E-state index contributed by atoms with van der Waals surface area (Å²) in [5, 5.41) is 10.8. The van der Waals surface area contributed by atoms with Crippen molar-refractivity contribution in [1.82, 2.24) is 0 Å². The smallest absolute Gasteiger partial charge is 0.104 e. The van der Waals surface area contributed by atoms with Gasteiger partial charge in [0, 0.05) is 9.50 Å². The van der Waals surface area contributed by atoms with Crippen molar-refractivity contribution < 1.29 is 5.11 Å². The van der Waals surface area contributed by atoms with Crippen molar-refractivity contribution in [2.45, 2.75) is 6.10 Å². The second kappa shape index (κ2) is 5.00. The molecule has 0 unspecified atom stereocenters. The molecule has 0 fully saturated rings. The molecule has 0 bridgehead atoms. The summed E-state index contributed by atoms with van der Waals surface area (Å²) < 4.78 is 0.956. The average Bonchev–Trinajstić information content (AvgIpc) is 2.29. The summed E-state index contributed by atoms with van der Waals surface area (Å²) in [7, 11) is 0. The first-order valence-corrected chi connectivity index (χ1v) is 6.03. The summed E-state index contributed by atoms with van der Waals surface area (Å²) in [4.78, 5) is 0. The van der Waals surface area contributed by atoms with Crippen LogP contribution < -0.4 is 0 Å². The maximum atomic E-state index is 10.1. The van der Waals surface area contributed by atoms with Crippen LogP contribution in [0.15, 0.2) is 53.0 Å². The van der Waals surface area contributed by atoms with Crippen molar-refractivity contribution in [3.8, 4) is 0 Å². The van der Waals surface area contributed by atoms with E-state index < -0.39 is 6.10 Å². The second-order valence-corrected chi connectivity index (χ2v) is 4.86. The molecular formula is C13H10BrClO. The monoisotopic (exact) mass is 296 g/mol. The van der Waals surface area contributed by atoms with E-state index in [1.807, 2.05) is 36.4 Å². The van der Waals surface area contributed by atoms with Gasteiger partial charge in [-0.05, 0) is 35.4 Å². The minimum Gasteiger partial charge on any atom is -0.384 e. The van der Waals surface area contributed by atoms with Gasteiger partial charge in [0.25, 0.3) is 0 Å². The lowest BCUT2D eigenvalue weighted by Crippen LogP contribution is -1.98. The zero-order chi connectivity index (χ0) is 11.5. The molecule has 0 spiro atoms. The molecule has 0 aromatic heterocycles. The Morgan fingerprint density at radius 1 is 1.00 bits per heavy atom. The van der Waals surface area contributed by atoms with Crippen LogP contribution in [0.2, 0.25) is 5.02 Å². The van der Waals surface area contributed by atoms with Gasteiger partial charge in [0.15, 0.2) is 0 Å². The minimum absolute atomic E-state index is 0.616. The van der Waals surface area contributed by atoms with Crippen LogP contribution in [0.1, 0.15) is 17.2 Å². The van der Waals surface area contributed by atoms with Crippen LogP contribution in [0.3, 0.4) is 0 Å². The van der Waals surface area contributed by atoms with Gasteiger partial charge in [0.2, 0.25) is 0 Å². The van der Waals surface area contributed by atoms with Gasteiger partial charge in [-0.15, -0.1) is 0 Å². The van der Waals surface area contributed by atoms with Crippen molar-refractivity contribution >= 4 is 27.5 Å². The molecule has 1 atom stereocenters. The van der Waals surface area contributed by atoms with E-state index in [0.717, 1.165) is 15.6 Å². The molecule has 0 aliphatic rings. The molecule has 0 saturated heterocycles. The van der Waals surface area contributed by atoms with Crippen molar-refractivity contribution in [2.24, 2.45) is 0 Å². The first-order chi connectivity index (χ1) is 7.66. The van der Waals surface area contributed by atoms with E-state index >= 15 is 0 Å². The summed E-state index contributed by atoms with van der Waals surface area (Å²) in [6, 6.07) is 14.8. The maximum Gasteiger partial charge on any atom is 0.104 e. The van der Waals surface area contributed by atoms with Crippen molar-refractivity contribution in [2.75, 3.05) is 0 Å². The van der Waals surface area contributed by atoms with Gasteiger partial charge in [0.1, 0.15) is 6.10 Å². The lowest BCUT2D eigenvalue weighted by molar-refractivity contribution is 0.220. The van der Waals surface area contributed by atoms with Gasteiger partial charge in [-0.2, -0.15) is 0 Å². The molecule has 0 radical (unpaired) electrons. The molecule has 2 aromatic rings. The van der Waals surface area contributed by atoms with Crippen molar-refractivity contribution in [3.63, 3.8) is 0 Å². The third-order valence-corrected chi connectivity index (χ3v) is 3.10. The number of rotatable bonds is 2. The van der Waals surface area contributed by atoms with Crippen LogP contribution >= 0.6 is 27.5 Å². The Labute approximate surface area is 108 Å². The molecule has 0 heterocycles. The van der Waals surface area contributed by atoms with E-state index in [1.165, 1.54) is 0 Å². The lowest BCUT2D eigenvalue weighted by Gasteiger charge is -2.11. The van der Waals surface area contributed by atoms with Crippen LogP contribution in [-0.2, 0) is 0 Å². The highest BCUT2D eigenvalue weighted by molar-refractivity contribution is 9.10. The normalized spacial score (nSPS) is 12.4. The maximum absolute atomic E-state index is 10.1. The summed E-state index contributed by atoms with van der Waals surface area (Å²) in [6.45, 7) is 0. The average molecular weight is 298 g/mol. The Hall–Kier alpha value is -0.830. The number of hydrogen-bond donors (Lipinski definition) is 1. The van der Waals surface area contributed by atoms with E-state index in [0.29, 0.717) is 5.02 Å². The van der Waals surface area contributed by atoms with Gasteiger partial charge < -0.3 is 5.11 Å². The summed E-state index contributed by atoms with van der Waals surface area (Å²) >= 11 is 9.18. The fraction of sp³-hybridized carbons (Fsp3) is 0.0769. The largest absolute Gasteiger partial charge is 0.384 e. The lowest BCUT2D eigenvalue weighted by atomic mass is 10.0. The molecule has 3 heteroatoms. The molecule has 0 amide bonds. The van der Waals surface area contributed by atoms with E-state index in [-0.39, 0.29) is 0 Å². The molecule has 2 rings (SSSR count). The highest BCUT2D eigenvalue weighted by Crippen LogP contribution is 2.25. The zero-order valence-corrected chi connectivity index (χ0v) is 10.7. The van der Waals surface area contributed by atoms with Gasteiger partial charge in [-0.3, -0.25) is 0 Å². The molecule has 0 aliphatic carbocycles. The zero-order valence-electron chi connectivity index (χ0n) is 8.40. The molecule has 0 saturated carbocycles. The Morgan fingerprint density at radius 3 is 2.31 bits per heavy atom. The van der Waals surface area contributed by atoms with Crippen molar-refractivity contribution in [3.05, 3.63) is 69.2 Å². The van der Waals surface area contributed by atoms with Gasteiger partial charge in [0.05, 0.1) is 0 Å². The third-order valence-electron chi connectivity index (χ3n) is 2.35. The van der Waals surface area contributed by atoms with Gasteiger partial charge >= 0.3 is 0 Å². The summed E-state index contributed by atoms with van der Waals surface area (Å²) in [5.41, 5.74) is 1.69. The minimum atomic E-state index is -0.616. The van der Waals surface area contributed by atoms with Gasteiger partial charge in [-0.25, -0.2) is 0 Å². The molecular weight excluding hydrogens is 287 g/mol. The fourth-order valence-corrected chi connectivity index (χ4v) is 2.06. The second-order valence-electron chi connectivity index (χ2n) is 3.51. The van der Waals surface area contributed by atoms with E-state index in [4.69, 9.17) is 11.6 Å². The number of halogens is 2. The van der Waals surface area contributed by atoms with Crippen LogP contribution in [0, 0.1) is 0 Å². The molecule has 82 valence electrons. The first-order valence-electron chi connectivity index (χ1n) is 4.86. The van der Waals surface area contributed by atoms with Crippen LogP contribution in [0.5, 0.6) is 0 Å². The van der Waals surface area contributed by atoms with E-state index in [9.17, 15) is 5.11 Å². The number of benzene rings is 2. The standard InChI is InChI=1S/C13H10BrClO/c14-11-3-1-2-10(8-11)13(16)9-4-6-12(15)7-5-9/h1-8,13,16H/t13-/m1/s1. The predicted molar refractivity (Wildman–Crippen MR) is 69.7 cm³/mol. The van der Waals surface area contributed by atoms with E-state index in [2.05, 4.69) is 15.9 Å². The SMILES string of the molecule is O[C@H](c1ccc(Cl)cc1)c1cccc(Br)c1. The predicted octanol–water partition coefficient (Wildman–Crippen LogP) is 4.18.